The van der Waals surface area contributed by atoms with Crippen LogP contribution >= 0.6 is 11.5 Å². The molecule has 21 heavy (non-hydrogen) atoms. The van der Waals surface area contributed by atoms with Crippen molar-refractivity contribution in [3.63, 3.8) is 0 Å². The smallest absolute Gasteiger partial charge is 0.329 e. The van der Waals surface area contributed by atoms with E-state index in [1.54, 1.807) is 24.0 Å². The van der Waals surface area contributed by atoms with Crippen molar-refractivity contribution in [2.75, 3.05) is 0 Å². The Kier molecular flexibility index (Phi) is 3.34. The Morgan fingerprint density at radius 1 is 1.48 bits per heavy atom. The summed E-state index contributed by atoms with van der Waals surface area (Å²) in [5.41, 5.74) is 1.32. The Hall–Kier alpha value is -2.42. The molecule has 0 saturated heterocycles. The molecule has 0 radical (unpaired) electrons. The average Bonchev–Trinajstić information content (AvgIpc) is 3.03. The first-order valence-electron chi connectivity index (χ1n) is 6.26. The topological polar surface area (TPSA) is 109 Å². The maximum atomic E-state index is 11.8. The average molecular weight is 306 g/mol. The highest BCUT2D eigenvalue weighted by Gasteiger charge is 2.51. The molecular weight excluding hydrogens is 294 g/mol. The van der Waals surface area contributed by atoms with E-state index >= 15 is 0 Å². The second-order valence-corrected chi connectivity index (χ2v) is 5.41. The molecule has 0 atom stereocenters. The van der Waals surface area contributed by atoms with Crippen LogP contribution in [0.4, 0.5) is 0 Å². The zero-order valence-electron chi connectivity index (χ0n) is 10.9. The van der Waals surface area contributed by atoms with Gasteiger partial charge < -0.3 is 10.4 Å². The summed E-state index contributed by atoms with van der Waals surface area (Å²) in [5, 5.41) is 15.6. The minimum Gasteiger partial charge on any atom is -0.480 e. The Morgan fingerprint density at radius 2 is 2.29 bits per heavy atom. The molecule has 2 aromatic heterocycles. The van der Waals surface area contributed by atoms with Gasteiger partial charge in [0, 0.05) is 6.07 Å². The van der Waals surface area contributed by atoms with Gasteiger partial charge in [-0.1, -0.05) is 4.68 Å². The minimum atomic E-state index is -1.07. The summed E-state index contributed by atoms with van der Waals surface area (Å²) in [7, 11) is 0. The first-order chi connectivity index (χ1) is 10.1. The number of carbonyl (C=O) groups excluding carboxylic acids is 1. The highest BCUT2D eigenvalue weighted by molar-refractivity contribution is 7.03. The molecule has 8 nitrogen and oxygen atoms in total. The van der Waals surface area contributed by atoms with Gasteiger partial charge in [0.1, 0.15) is 17.2 Å². The first-order valence-corrected chi connectivity index (χ1v) is 7.10. The van der Waals surface area contributed by atoms with Gasteiger partial charge in [-0.15, -0.1) is 0 Å². The van der Waals surface area contributed by atoms with E-state index in [0.29, 0.717) is 18.7 Å². The van der Waals surface area contributed by atoms with Crippen molar-refractivity contribution in [2.24, 2.45) is 0 Å². The molecule has 1 aliphatic rings. The highest BCUT2D eigenvalue weighted by atomic mass is 32.1. The zero-order valence-corrected chi connectivity index (χ0v) is 11.7. The molecule has 9 heteroatoms. The van der Waals surface area contributed by atoms with Crippen LogP contribution in [0.1, 0.15) is 12.8 Å². The third-order valence-corrected chi connectivity index (χ3v) is 3.71. The number of hydrogen-bond donors (Lipinski definition) is 2. The normalized spacial score (nSPS) is 15.4. The van der Waals surface area contributed by atoms with Crippen LogP contribution in [0.3, 0.4) is 0 Å². The molecule has 2 aromatic rings. The molecule has 2 heterocycles. The van der Waals surface area contributed by atoms with Gasteiger partial charge in [0.2, 0.25) is 0 Å². The first kappa shape index (κ1) is 13.6. The molecule has 0 spiro atoms. The lowest BCUT2D eigenvalue weighted by atomic mass is 10.2. The lowest BCUT2D eigenvalue weighted by Gasteiger charge is -2.09. The molecular formula is C12H12N5O3S+. The number of hydrogen-bond acceptors (Lipinski definition) is 6. The Labute approximate surface area is 123 Å². The zero-order chi connectivity index (χ0) is 14.9. The van der Waals surface area contributed by atoms with Crippen molar-refractivity contribution >= 4 is 23.4 Å². The molecule has 2 N–H and O–H groups in total. The van der Waals surface area contributed by atoms with Crippen molar-refractivity contribution in [2.45, 2.75) is 24.9 Å². The molecule has 0 aliphatic heterocycles. The fourth-order valence-corrected chi connectivity index (χ4v) is 2.33. The van der Waals surface area contributed by atoms with Crippen LogP contribution in [-0.4, -0.2) is 37.0 Å². The highest BCUT2D eigenvalue weighted by Crippen LogP contribution is 2.35. The Morgan fingerprint density at radius 3 is 2.81 bits per heavy atom. The van der Waals surface area contributed by atoms with Crippen LogP contribution in [0, 0.1) is 0 Å². The summed E-state index contributed by atoms with van der Waals surface area (Å²) in [5.74, 6) is -0.766. The predicted octanol–water partition coefficient (Wildman–Crippen LogP) is -0.379. The third-order valence-electron chi connectivity index (χ3n) is 3.23. The number of rotatable bonds is 5. The second-order valence-electron chi connectivity index (χ2n) is 4.80. The number of carboxylic acid groups (broad SMARTS) is 1. The summed E-state index contributed by atoms with van der Waals surface area (Å²) >= 11 is 1.25. The van der Waals surface area contributed by atoms with E-state index in [1.807, 2.05) is 0 Å². The number of nitrogens with zero attached hydrogens (tertiary/aromatic N) is 4. The molecule has 0 aromatic carbocycles. The van der Waals surface area contributed by atoms with Gasteiger partial charge in [-0.25, -0.2) is 9.78 Å². The second kappa shape index (κ2) is 5.17. The molecule has 0 unspecified atom stereocenters. The third kappa shape index (κ3) is 2.87. The van der Waals surface area contributed by atoms with Crippen LogP contribution in [0.5, 0.6) is 0 Å². The van der Waals surface area contributed by atoms with E-state index in [9.17, 15) is 9.59 Å². The van der Waals surface area contributed by atoms with Crippen LogP contribution in [0.15, 0.2) is 24.0 Å². The van der Waals surface area contributed by atoms with Gasteiger partial charge >= 0.3 is 5.97 Å². The van der Waals surface area contributed by atoms with Crippen LogP contribution < -0.4 is 10.00 Å². The molecule has 1 saturated carbocycles. The van der Waals surface area contributed by atoms with E-state index in [-0.39, 0.29) is 12.5 Å². The van der Waals surface area contributed by atoms with E-state index in [1.165, 1.54) is 16.2 Å². The fraction of sp³-hybridized carbons (Fsp3) is 0.333. The van der Waals surface area contributed by atoms with Crippen molar-refractivity contribution in [3.05, 3.63) is 24.0 Å². The maximum absolute atomic E-state index is 11.8. The maximum Gasteiger partial charge on any atom is 0.329 e. The van der Waals surface area contributed by atoms with E-state index in [2.05, 4.69) is 19.8 Å². The number of aliphatic carboxylic acids is 1. The number of carboxylic acids is 1. The summed E-state index contributed by atoms with van der Waals surface area (Å²) in [4.78, 5) is 26.9. The van der Waals surface area contributed by atoms with Crippen molar-refractivity contribution in [3.8, 4) is 11.4 Å². The number of nitrogens with one attached hydrogen (secondary N) is 1. The summed E-state index contributed by atoms with van der Waals surface area (Å²) in [6, 6.07) is 1.76. The van der Waals surface area contributed by atoms with Crippen molar-refractivity contribution in [1.29, 1.82) is 0 Å². The molecule has 108 valence electrons. The van der Waals surface area contributed by atoms with Gasteiger partial charge in [-0.05, 0) is 29.5 Å². The Balaban J connectivity index is 1.63. The van der Waals surface area contributed by atoms with Crippen molar-refractivity contribution in [1.82, 2.24) is 19.8 Å². The van der Waals surface area contributed by atoms with Gasteiger partial charge in [-0.3, -0.25) is 4.79 Å². The van der Waals surface area contributed by atoms with Gasteiger partial charge in [0.25, 0.3) is 12.5 Å². The standard InChI is InChI=1S/C12H11N5O3S/c18-9(15-12(2-3-12)11(19)20)6-17-4-1-8(5-14-17)10-13-7-21-16-10/h1,4-5,7H,2-3,6H2,(H-,15,18,19,20)/p+1. The largest absolute Gasteiger partial charge is 0.480 e. The van der Waals surface area contributed by atoms with E-state index in [0.717, 1.165) is 5.56 Å². The quantitative estimate of drug-likeness (QED) is 0.729. The van der Waals surface area contributed by atoms with Gasteiger partial charge in [-0.2, -0.15) is 4.37 Å². The number of aromatic nitrogens is 4. The molecule has 3 rings (SSSR count). The molecule has 1 aliphatic carbocycles. The fourth-order valence-electron chi connectivity index (χ4n) is 1.88. The van der Waals surface area contributed by atoms with Crippen LogP contribution in [0.2, 0.25) is 0 Å². The molecule has 0 bridgehead atoms. The van der Waals surface area contributed by atoms with E-state index in [4.69, 9.17) is 5.11 Å². The number of amides is 1. The van der Waals surface area contributed by atoms with Gasteiger partial charge in [0.15, 0.2) is 12.0 Å². The van der Waals surface area contributed by atoms with Crippen LogP contribution in [-0.2, 0) is 16.1 Å². The summed E-state index contributed by atoms with van der Waals surface area (Å²) in [6.07, 6.45) is 4.15. The lowest BCUT2D eigenvalue weighted by Crippen LogP contribution is -2.50. The van der Waals surface area contributed by atoms with Crippen LogP contribution in [0.25, 0.3) is 11.4 Å². The van der Waals surface area contributed by atoms with Gasteiger partial charge in [0.05, 0.1) is 5.56 Å². The molecule has 1 fully saturated rings. The summed E-state index contributed by atoms with van der Waals surface area (Å²) in [6.45, 7) is -0.0280. The van der Waals surface area contributed by atoms with E-state index < -0.39 is 11.5 Å². The summed E-state index contributed by atoms with van der Waals surface area (Å²) < 4.78 is 5.52. The lowest BCUT2D eigenvalue weighted by molar-refractivity contribution is -0.742. The monoisotopic (exact) mass is 306 g/mol. The number of carbonyl (C=O) groups is 2. The minimum absolute atomic E-state index is 0.0280. The van der Waals surface area contributed by atoms with Crippen molar-refractivity contribution < 1.29 is 19.4 Å². The predicted molar refractivity (Wildman–Crippen MR) is 71.1 cm³/mol. The molecule has 1 amide bonds. The Bertz CT molecular complexity index is 667. The SMILES string of the molecule is O=C(C[n+]1ccc(-c2ncsn2)cn1)NC1(C(=O)O)CC1.